The van der Waals surface area contributed by atoms with Gasteiger partial charge in [-0.3, -0.25) is 14.5 Å². The number of imide groups is 1. The number of hydrogen-bond acceptors (Lipinski definition) is 3. The lowest BCUT2D eigenvalue weighted by atomic mass is 9.97. The summed E-state index contributed by atoms with van der Waals surface area (Å²) in [5.74, 6) is -0.597. The number of carbonyl (C=O) groups is 3. The number of benzene rings is 1. The minimum Gasteiger partial charge on any atom is -0.361 e. The van der Waals surface area contributed by atoms with Gasteiger partial charge in [-0.05, 0) is 24.5 Å². The molecule has 2 fully saturated rings. The highest BCUT2D eigenvalue weighted by atomic mass is 16.2. The van der Waals surface area contributed by atoms with Gasteiger partial charge in [0.15, 0.2) is 0 Å². The monoisotopic (exact) mass is 396 g/mol. The normalized spacial score (nSPS) is 21.1. The average Bonchev–Trinajstić information content (AvgIpc) is 3.20. The van der Waals surface area contributed by atoms with Gasteiger partial charge in [0.1, 0.15) is 12.6 Å². The zero-order valence-corrected chi connectivity index (χ0v) is 16.6. The Balaban J connectivity index is 1.35. The first-order chi connectivity index (χ1) is 14.1. The molecule has 7 nitrogen and oxygen atoms in total. The molecule has 1 saturated carbocycles. The van der Waals surface area contributed by atoms with E-state index in [2.05, 4.69) is 15.6 Å². The number of H-pyrrole nitrogens is 1. The van der Waals surface area contributed by atoms with Crippen LogP contribution in [0, 0.1) is 0 Å². The first kappa shape index (κ1) is 19.5. The highest BCUT2D eigenvalue weighted by Gasteiger charge is 2.39. The molecule has 2 heterocycles. The summed E-state index contributed by atoms with van der Waals surface area (Å²) in [6.45, 7) is -0.217. The zero-order chi connectivity index (χ0) is 20.2. The lowest BCUT2D eigenvalue weighted by Crippen LogP contribution is -2.44. The van der Waals surface area contributed by atoms with Gasteiger partial charge in [0.05, 0.1) is 0 Å². The SMILES string of the molecule is O=C(CN1C(=O)N[C@@H](Cc2c[nH]c3ccccc23)C1=O)NC1CCCCCCC1. The van der Waals surface area contributed by atoms with Gasteiger partial charge in [-0.1, -0.05) is 50.3 Å². The largest absolute Gasteiger partial charge is 0.361 e. The van der Waals surface area contributed by atoms with Crippen molar-refractivity contribution in [3.8, 4) is 0 Å². The molecule has 1 atom stereocenters. The molecule has 2 aromatic rings. The summed E-state index contributed by atoms with van der Waals surface area (Å²) in [6, 6.07) is 6.86. The van der Waals surface area contributed by atoms with Crippen LogP contribution in [-0.4, -0.2) is 46.4 Å². The number of hydrogen-bond donors (Lipinski definition) is 3. The van der Waals surface area contributed by atoms with Gasteiger partial charge in [-0.2, -0.15) is 0 Å². The van der Waals surface area contributed by atoms with E-state index in [0.29, 0.717) is 6.42 Å². The van der Waals surface area contributed by atoms with E-state index < -0.39 is 12.1 Å². The topological polar surface area (TPSA) is 94.3 Å². The van der Waals surface area contributed by atoms with Crippen molar-refractivity contribution in [2.75, 3.05) is 6.54 Å². The Morgan fingerprint density at radius 2 is 1.79 bits per heavy atom. The van der Waals surface area contributed by atoms with Crippen LogP contribution in [0.5, 0.6) is 0 Å². The number of para-hydroxylation sites is 1. The van der Waals surface area contributed by atoms with Gasteiger partial charge in [0.2, 0.25) is 5.91 Å². The molecule has 2 aliphatic rings. The predicted octanol–water partition coefficient (Wildman–Crippen LogP) is 2.86. The summed E-state index contributed by atoms with van der Waals surface area (Å²) >= 11 is 0. The third kappa shape index (κ3) is 4.44. The second kappa shape index (κ2) is 8.68. The number of carbonyl (C=O) groups excluding carboxylic acids is 3. The van der Waals surface area contributed by atoms with E-state index in [0.717, 1.165) is 47.0 Å². The Kier molecular flexibility index (Phi) is 5.83. The van der Waals surface area contributed by atoms with Crippen molar-refractivity contribution in [2.24, 2.45) is 0 Å². The first-order valence-electron chi connectivity index (χ1n) is 10.6. The molecule has 1 aromatic heterocycles. The molecule has 29 heavy (non-hydrogen) atoms. The van der Waals surface area contributed by atoms with Gasteiger partial charge in [-0.15, -0.1) is 0 Å². The molecular formula is C22H28N4O3. The standard InChI is InChI=1S/C22H28N4O3/c27-20(24-16-8-4-2-1-3-5-9-16)14-26-21(28)19(25-22(26)29)12-15-13-23-18-11-7-6-10-17(15)18/h6-7,10-11,13,16,19,23H,1-5,8-9,12,14H2,(H,24,27)(H,25,29)/t19-/m0/s1. The highest BCUT2D eigenvalue weighted by molar-refractivity contribution is 6.06. The minimum atomic E-state index is -0.643. The average molecular weight is 396 g/mol. The van der Waals surface area contributed by atoms with Crippen molar-refractivity contribution < 1.29 is 14.4 Å². The van der Waals surface area contributed by atoms with Gasteiger partial charge >= 0.3 is 6.03 Å². The number of nitrogens with zero attached hydrogens (tertiary/aromatic N) is 1. The molecule has 1 aromatic carbocycles. The Labute approximate surface area is 170 Å². The van der Waals surface area contributed by atoms with E-state index in [1.165, 1.54) is 19.3 Å². The van der Waals surface area contributed by atoms with Crippen LogP contribution < -0.4 is 10.6 Å². The zero-order valence-electron chi connectivity index (χ0n) is 16.6. The van der Waals surface area contributed by atoms with Crippen molar-refractivity contribution in [3.05, 3.63) is 36.0 Å². The maximum absolute atomic E-state index is 12.8. The Hall–Kier alpha value is -2.83. The molecule has 1 aliphatic carbocycles. The molecule has 1 aliphatic heterocycles. The maximum atomic E-state index is 12.8. The van der Waals surface area contributed by atoms with E-state index in [4.69, 9.17) is 0 Å². The lowest BCUT2D eigenvalue weighted by Gasteiger charge is -2.22. The second-order valence-electron chi connectivity index (χ2n) is 8.10. The first-order valence-corrected chi connectivity index (χ1v) is 10.6. The van der Waals surface area contributed by atoms with Crippen molar-refractivity contribution >= 4 is 28.7 Å². The summed E-state index contributed by atoms with van der Waals surface area (Å²) in [5.41, 5.74) is 1.97. The molecule has 4 amide bonds. The quantitative estimate of drug-likeness (QED) is 0.678. The molecule has 0 spiro atoms. The van der Waals surface area contributed by atoms with Crippen LogP contribution in [0.2, 0.25) is 0 Å². The van der Waals surface area contributed by atoms with Gasteiger partial charge < -0.3 is 15.6 Å². The van der Waals surface area contributed by atoms with Crippen LogP contribution in [0.25, 0.3) is 10.9 Å². The van der Waals surface area contributed by atoms with E-state index in [1.54, 1.807) is 0 Å². The van der Waals surface area contributed by atoms with Crippen LogP contribution in [0.4, 0.5) is 4.79 Å². The summed E-state index contributed by atoms with van der Waals surface area (Å²) in [4.78, 5) is 41.8. The number of aromatic amines is 1. The van der Waals surface area contributed by atoms with Crippen LogP contribution >= 0.6 is 0 Å². The number of rotatable bonds is 5. The number of amides is 4. The van der Waals surface area contributed by atoms with Crippen molar-refractivity contribution in [3.63, 3.8) is 0 Å². The number of aromatic nitrogens is 1. The summed E-state index contributed by atoms with van der Waals surface area (Å²) in [6.07, 6.45) is 10.1. The Morgan fingerprint density at radius 3 is 2.59 bits per heavy atom. The third-order valence-corrected chi connectivity index (χ3v) is 5.98. The highest BCUT2D eigenvalue weighted by Crippen LogP contribution is 2.21. The van der Waals surface area contributed by atoms with Gasteiger partial charge in [-0.25, -0.2) is 4.79 Å². The lowest BCUT2D eigenvalue weighted by molar-refractivity contribution is -0.132. The van der Waals surface area contributed by atoms with Crippen molar-refractivity contribution in [1.29, 1.82) is 0 Å². The van der Waals surface area contributed by atoms with E-state index in [1.807, 2.05) is 30.5 Å². The molecule has 154 valence electrons. The maximum Gasteiger partial charge on any atom is 0.325 e. The molecule has 0 bridgehead atoms. The van der Waals surface area contributed by atoms with Crippen LogP contribution in [0.1, 0.15) is 50.5 Å². The second-order valence-corrected chi connectivity index (χ2v) is 8.10. The minimum absolute atomic E-state index is 0.144. The predicted molar refractivity (Wildman–Crippen MR) is 110 cm³/mol. The molecular weight excluding hydrogens is 368 g/mol. The number of fused-ring (bicyclic) bond motifs is 1. The number of urea groups is 1. The van der Waals surface area contributed by atoms with Gasteiger partial charge in [0.25, 0.3) is 5.91 Å². The summed E-state index contributed by atoms with van der Waals surface area (Å²) in [5, 5.41) is 6.79. The van der Waals surface area contributed by atoms with E-state index in [9.17, 15) is 14.4 Å². The van der Waals surface area contributed by atoms with Crippen molar-refractivity contribution in [1.82, 2.24) is 20.5 Å². The van der Waals surface area contributed by atoms with E-state index in [-0.39, 0.29) is 24.4 Å². The fourth-order valence-corrected chi connectivity index (χ4v) is 4.40. The van der Waals surface area contributed by atoms with Gasteiger partial charge in [0, 0.05) is 29.6 Å². The molecule has 4 rings (SSSR count). The molecule has 0 radical (unpaired) electrons. The van der Waals surface area contributed by atoms with Crippen molar-refractivity contribution in [2.45, 2.75) is 63.5 Å². The summed E-state index contributed by atoms with van der Waals surface area (Å²) in [7, 11) is 0. The third-order valence-electron chi connectivity index (χ3n) is 5.98. The summed E-state index contributed by atoms with van der Waals surface area (Å²) < 4.78 is 0. The molecule has 7 heteroatoms. The van der Waals surface area contributed by atoms with Crippen LogP contribution in [0.15, 0.2) is 30.5 Å². The molecule has 1 saturated heterocycles. The molecule has 3 N–H and O–H groups in total. The fraction of sp³-hybridized carbons (Fsp3) is 0.500. The van der Waals surface area contributed by atoms with Crippen LogP contribution in [0.3, 0.4) is 0 Å². The van der Waals surface area contributed by atoms with E-state index >= 15 is 0 Å². The number of nitrogens with one attached hydrogen (secondary N) is 3. The Morgan fingerprint density at radius 1 is 1.07 bits per heavy atom. The molecule has 0 unspecified atom stereocenters. The fourth-order valence-electron chi connectivity index (χ4n) is 4.40. The Bertz CT molecular complexity index is 898. The van der Waals surface area contributed by atoms with Crippen LogP contribution in [-0.2, 0) is 16.0 Å². The smallest absolute Gasteiger partial charge is 0.325 e.